The van der Waals surface area contributed by atoms with E-state index in [1.807, 2.05) is 0 Å². The van der Waals surface area contributed by atoms with Crippen LogP contribution in [0.3, 0.4) is 0 Å². The van der Waals surface area contributed by atoms with Gasteiger partial charge in [-0.25, -0.2) is 4.39 Å². The molecule has 6 nitrogen and oxygen atoms in total. The monoisotopic (exact) mass is 345 g/mol. The zero-order valence-electron chi connectivity index (χ0n) is 14.0. The van der Waals surface area contributed by atoms with Crippen molar-refractivity contribution < 1.29 is 13.9 Å². The van der Waals surface area contributed by atoms with Gasteiger partial charge in [0.1, 0.15) is 11.5 Å². The van der Waals surface area contributed by atoms with E-state index in [0.29, 0.717) is 19.6 Å². The van der Waals surface area contributed by atoms with Gasteiger partial charge in [-0.15, -0.1) is 0 Å². The molecular weight excluding hydrogens is 325 g/mol. The summed E-state index contributed by atoms with van der Waals surface area (Å²) in [4.78, 5) is 31.2. The topological polar surface area (TPSA) is 65.6 Å². The van der Waals surface area contributed by atoms with Gasteiger partial charge in [-0.2, -0.15) is 0 Å². The van der Waals surface area contributed by atoms with E-state index in [4.69, 9.17) is 4.74 Å². The van der Waals surface area contributed by atoms with Crippen LogP contribution in [-0.2, 0) is 0 Å². The fourth-order valence-corrected chi connectivity index (χ4v) is 2.94. The quantitative estimate of drug-likeness (QED) is 0.922. The molecule has 0 bridgehead atoms. The van der Waals surface area contributed by atoms with Crippen molar-refractivity contribution in [1.29, 1.82) is 0 Å². The average Bonchev–Trinajstić information content (AvgIpc) is 2.88. The van der Waals surface area contributed by atoms with E-state index in [1.165, 1.54) is 31.5 Å². The van der Waals surface area contributed by atoms with Crippen molar-refractivity contribution >= 4 is 11.6 Å². The number of ether oxygens (including phenoxy) is 1. The van der Waals surface area contributed by atoms with Gasteiger partial charge in [-0.3, -0.25) is 9.59 Å². The Bertz CT molecular complexity index is 804. The van der Waals surface area contributed by atoms with E-state index < -0.39 is 0 Å². The molecule has 0 radical (unpaired) electrons. The molecule has 0 unspecified atom stereocenters. The molecule has 1 fully saturated rings. The fraction of sp³-hybridized carbons (Fsp3) is 0.333. The predicted octanol–water partition coefficient (Wildman–Crippen LogP) is 1.88. The molecule has 0 spiro atoms. The molecule has 1 N–H and O–H groups in total. The molecular formula is C18H20FN3O3. The standard InChI is InChI=1S/C18H20FN3O3/c1-25-17-12-20-15(11-16(17)23)18(24)22-8-2-7-21(9-10-22)14-5-3-13(19)4-6-14/h3-6,11-12H,2,7-10H2,1H3,(H,20,23). The van der Waals surface area contributed by atoms with Gasteiger partial charge in [0.05, 0.1) is 7.11 Å². The van der Waals surface area contributed by atoms with E-state index in [1.54, 1.807) is 17.0 Å². The van der Waals surface area contributed by atoms with Crippen LogP contribution in [0.15, 0.2) is 41.3 Å². The molecule has 25 heavy (non-hydrogen) atoms. The lowest BCUT2D eigenvalue weighted by Crippen LogP contribution is -2.36. The average molecular weight is 345 g/mol. The first-order valence-corrected chi connectivity index (χ1v) is 8.15. The molecule has 1 aromatic heterocycles. The molecule has 1 aliphatic rings. The number of pyridine rings is 1. The van der Waals surface area contributed by atoms with E-state index in [2.05, 4.69) is 9.88 Å². The number of hydrogen-bond acceptors (Lipinski definition) is 4. The number of rotatable bonds is 3. The molecule has 0 aliphatic carbocycles. The first-order chi connectivity index (χ1) is 12.1. The number of aromatic nitrogens is 1. The minimum atomic E-state index is -0.327. The number of anilines is 1. The maximum absolute atomic E-state index is 13.1. The lowest BCUT2D eigenvalue weighted by atomic mass is 10.2. The van der Waals surface area contributed by atoms with Crippen LogP contribution >= 0.6 is 0 Å². The molecule has 1 amide bonds. The highest BCUT2D eigenvalue weighted by Gasteiger charge is 2.21. The van der Waals surface area contributed by atoms with Crippen molar-refractivity contribution in [2.24, 2.45) is 0 Å². The van der Waals surface area contributed by atoms with Crippen LogP contribution in [0, 0.1) is 5.82 Å². The van der Waals surface area contributed by atoms with Crippen LogP contribution in [0.2, 0.25) is 0 Å². The molecule has 7 heteroatoms. The van der Waals surface area contributed by atoms with Crippen molar-refractivity contribution in [2.45, 2.75) is 6.42 Å². The minimum Gasteiger partial charge on any atom is -0.491 e. The largest absolute Gasteiger partial charge is 0.491 e. The Labute approximate surface area is 144 Å². The molecule has 2 aromatic rings. The Balaban J connectivity index is 1.70. The Kier molecular flexibility index (Phi) is 5.02. The van der Waals surface area contributed by atoms with E-state index in [0.717, 1.165) is 18.7 Å². The van der Waals surface area contributed by atoms with E-state index >= 15 is 0 Å². The number of nitrogens with zero attached hydrogens (tertiary/aromatic N) is 2. The SMILES string of the molecule is COc1c[nH]c(C(=O)N2CCCN(c3ccc(F)cc3)CC2)cc1=O. The van der Waals surface area contributed by atoms with Gasteiger partial charge in [0.15, 0.2) is 5.75 Å². The molecule has 1 aromatic carbocycles. The summed E-state index contributed by atoms with van der Waals surface area (Å²) in [5, 5.41) is 0. The van der Waals surface area contributed by atoms with Gasteiger partial charge < -0.3 is 19.5 Å². The van der Waals surface area contributed by atoms with Gasteiger partial charge in [-0.1, -0.05) is 0 Å². The summed E-state index contributed by atoms with van der Waals surface area (Å²) < 4.78 is 18.0. The number of halogens is 1. The number of carbonyl (C=O) groups excluding carboxylic acids is 1. The van der Waals surface area contributed by atoms with E-state index in [-0.39, 0.29) is 28.6 Å². The predicted molar refractivity (Wildman–Crippen MR) is 92.7 cm³/mol. The summed E-state index contributed by atoms with van der Waals surface area (Å²) in [6.07, 6.45) is 2.20. The summed E-state index contributed by atoms with van der Waals surface area (Å²) >= 11 is 0. The third kappa shape index (κ3) is 3.81. The lowest BCUT2D eigenvalue weighted by molar-refractivity contribution is 0.0761. The van der Waals surface area contributed by atoms with Crippen molar-refractivity contribution in [2.75, 3.05) is 38.2 Å². The van der Waals surface area contributed by atoms with Crippen molar-refractivity contribution in [3.8, 4) is 5.75 Å². The maximum atomic E-state index is 13.1. The third-order valence-corrected chi connectivity index (χ3v) is 4.30. The second kappa shape index (κ2) is 7.38. The summed E-state index contributed by atoms with van der Waals surface area (Å²) in [5.74, 6) is -0.297. The van der Waals surface area contributed by atoms with Crippen molar-refractivity contribution in [3.63, 3.8) is 0 Å². The van der Waals surface area contributed by atoms with Crippen molar-refractivity contribution in [1.82, 2.24) is 9.88 Å². The third-order valence-electron chi connectivity index (χ3n) is 4.30. The Morgan fingerprint density at radius 3 is 2.60 bits per heavy atom. The number of methoxy groups -OCH3 is 1. The smallest absolute Gasteiger partial charge is 0.270 e. The van der Waals surface area contributed by atoms with Crippen LogP contribution in [-0.4, -0.2) is 49.1 Å². The van der Waals surface area contributed by atoms with Gasteiger partial charge in [0, 0.05) is 44.1 Å². The minimum absolute atomic E-state index is 0.176. The second-order valence-electron chi connectivity index (χ2n) is 5.89. The highest BCUT2D eigenvalue weighted by molar-refractivity contribution is 5.92. The van der Waals surface area contributed by atoms with E-state index in [9.17, 15) is 14.0 Å². The van der Waals surface area contributed by atoms with Gasteiger partial charge in [0.25, 0.3) is 5.91 Å². The molecule has 0 saturated carbocycles. The summed E-state index contributed by atoms with van der Waals surface area (Å²) in [5.41, 5.74) is 0.863. The van der Waals surface area contributed by atoms with Gasteiger partial charge >= 0.3 is 0 Å². The molecule has 2 heterocycles. The molecule has 3 rings (SSSR count). The maximum Gasteiger partial charge on any atom is 0.270 e. The van der Waals surface area contributed by atoms with Crippen LogP contribution in [0.4, 0.5) is 10.1 Å². The molecule has 132 valence electrons. The first-order valence-electron chi connectivity index (χ1n) is 8.15. The highest BCUT2D eigenvalue weighted by Crippen LogP contribution is 2.17. The molecule has 1 saturated heterocycles. The van der Waals surface area contributed by atoms with Crippen LogP contribution in [0.25, 0.3) is 0 Å². The summed E-state index contributed by atoms with van der Waals surface area (Å²) in [6.45, 7) is 2.57. The summed E-state index contributed by atoms with van der Waals surface area (Å²) in [7, 11) is 1.41. The number of nitrogens with one attached hydrogen (secondary N) is 1. The lowest BCUT2D eigenvalue weighted by Gasteiger charge is -2.23. The normalized spacial score (nSPS) is 15.0. The van der Waals surface area contributed by atoms with Gasteiger partial charge in [-0.05, 0) is 30.7 Å². The molecule has 1 aliphatic heterocycles. The Hall–Kier alpha value is -2.83. The zero-order valence-corrected chi connectivity index (χ0v) is 14.0. The van der Waals surface area contributed by atoms with Crippen LogP contribution in [0.5, 0.6) is 5.75 Å². The number of carbonyl (C=O) groups is 1. The first kappa shape index (κ1) is 17.0. The Morgan fingerprint density at radius 1 is 1.16 bits per heavy atom. The molecule has 0 atom stereocenters. The fourth-order valence-electron chi connectivity index (χ4n) is 2.94. The number of H-pyrrole nitrogens is 1. The Morgan fingerprint density at radius 2 is 1.92 bits per heavy atom. The zero-order chi connectivity index (χ0) is 17.8. The number of amides is 1. The number of aromatic amines is 1. The second-order valence-corrected chi connectivity index (χ2v) is 5.89. The van der Waals surface area contributed by atoms with Crippen molar-refractivity contribution in [3.05, 3.63) is 58.3 Å². The highest BCUT2D eigenvalue weighted by atomic mass is 19.1. The summed E-state index contributed by atoms with van der Waals surface area (Å²) in [6, 6.07) is 7.63. The van der Waals surface area contributed by atoms with Gasteiger partial charge in [0.2, 0.25) is 5.43 Å². The van der Waals surface area contributed by atoms with Crippen LogP contribution in [0.1, 0.15) is 16.9 Å². The van der Waals surface area contributed by atoms with Crippen LogP contribution < -0.4 is 15.1 Å². The number of benzene rings is 1. The number of hydrogen-bond donors (Lipinski definition) is 1.